The van der Waals surface area contributed by atoms with Crippen molar-refractivity contribution >= 4 is 5.97 Å². The molecule has 0 radical (unpaired) electrons. The van der Waals surface area contributed by atoms with E-state index < -0.39 is 0 Å². The maximum atomic E-state index is 10.8. The first-order valence-corrected chi connectivity index (χ1v) is 6.08. The van der Waals surface area contributed by atoms with Gasteiger partial charge in [0.25, 0.3) is 0 Å². The van der Waals surface area contributed by atoms with Crippen molar-refractivity contribution in [2.24, 2.45) is 11.8 Å². The Bertz CT molecular complexity index is 298. The Morgan fingerprint density at radius 3 is 2.47 bits per heavy atom. The molecule has 0 aromatic rings. The highest BCUT2D eigenvalue weighted by atomic mass is 16.5. The van der Waals surface area contributed by atoms with Crippen LogP contribution in [0.5, 0.6) is 0 Å². The van der Waals surface area contributed by atoms with Gasteiger partial charge in [-0.3, -0.25) is 4.79 Å². The standard InChI is InChI=1S/C15H24O2/c1-6-8-9-14(7-2)10-15(12(3)4)11-17-13(5)16/h6-9,12,15H,2,10-11H2,1,3-5H3/b8-6-,14-9+/t15-/m1/s1. The van der Waals surface area contributed by atoms with Crippen molar-refractivity contribution < 1.29 is 9.53 Å². The van der Waals surface area contributed by atoms with Gasteiger partial charge in [0.1, 0.15) is 0 Å². The van der Waals surface area contributed by atoms with Crippen molar-refractivity contribution in [2.75, 3.05) is 6.61 Å². The zero-order valence-corrected chi connectivity index (χ0v) is 11.4. The number of allylic oxidation sites excluding steroid dienone is 5. The number of esters is 1. The Labute approximate surface area is 105 Å². The van der Waals surface area contributed by atoms with Gasteiger partial charge in [-0.2, -0.15) is 0 Å². The molecule has 0 aliphatic carbocycles. The molecule has 0 amide bonds. The van der Waals surface area contributed by atoms with Gasteiger partial charge >= 0.3 is 5.97 Å². The first-order chi connectivity index (χ1) is 8.01. The molecule has 17 heavy (non-hydrogen) atoms. The summed E-state index contributed by atoms with van der Waals surface area (Å²) in [4.78, 5) is 10.8. The lowest BCUT2D eigenvalue weighted by atomic mass is 9.89. The van der Waals surface area contributed by atoms with E-state index in [0.29, 0.717) is 18.4 Å². The summed E-state index contributed by atoms with van der Waals surface area (Å²) in [7, 11) is 0. The van der Waals surface area contributed by atoms with Gasteiger partial charge < -0.3 is 4.74 Å². The molecule has 0 unspecified atom stereocenters. The highest BCUT2D eigenvalue weighted by Gasteiger charge is 2.15. The summed E-state index contributed by atoms with van der Waals surface area (Å²) in [5, 5.41) is 0. The van der Waals surface area contributed by atoms with Crippen molar-refractivity contribution in [3.63, 3.8) is 0 Å². The minimum atomic E-state index is -0.215. The highest BCUT2D eigenvalue weighted by molar-refractivity contribution is 5.65. The van der Waals surface area contributed by atoms with E-state index in [1.807, 2.05) is 25.2 Å². The van der Waals surface area contributed by atoms with Gasteiger partial charge in [-0.1, -0.05) is 44.7 Å². The van der Waals surface area contributed by atoms with Crippen LogP contribution in [-0.4, -0.2) is 12.6 Å². The number of rotatable bonds is 7. The quantitative estimate of drug-likeness (QED) is 0.495. The van der Waals surface area contributed by atoms with Crippen LogP contribution in [0, 0.1) is 11.8 Å². The Balaban J connectivity index is 4.50. The molecule has 0 aromatic heterocycles. The Morgan fingerprint density at radius 2 is 2.06 bits per heavy atom. The smallest absolute Gasteiger partial charge is 0.302 e. The lowest BCUT2D eigenvalue weighted by molar-refractivity contribution is -0.142. The maximum Gasteiger partial charge on any atom is 0.302 e. The van der Waals surface area contributed by atoms with Crippen molar-refractivity contribution in [3.8, 4) is 0 Å². The molecule has 0 aliphatic heterocycles. The monoisotopic (exact) mass is 236 g/mol. The Kier molecular flexibility index (Phi) is 8.12. The third-order valence-corrected chi connectivity index (χ3v) is 2.71. The topological polar surface area (TPSA) is 26.3 Å². The number of hydrogen-bond donors (Lipinski definition) is 0. The first-order valence-electron chi connectivity index (χ1n) is 6.08. The summed E-state index contributed by atoms with van der Waals surface area (Å²) in [5.41, 5.74) is 1.17. The minimum Gasteiger partial charge on any atom is -0.466 e. The predicted molar refractivity (Wildman–Crippen MR) is 72.7 cm³/mol. The van der Waals surface area contributed by atoms with E-state index in [9.17, 15) is 4.79 Å². The second-order valence-corrected chi connectivity index (χ2v) is 4.48. The van der Waals surface area contributed by atoms with E-state index in [0.717, 1.165) is 6.42 Å². The van der Waals surface area contributed by atoms with Gasteiger partial charge in [0.05, 0.1) is 6.61 Å². The summed E-state index contributed by atoms with van der Waals surface area (Å²) in [6.07, 6.45) is 8.79. The predicted octanol–water partition coefficient (Wildman–Crippen LogP) is 3.90. The van der Waals surface area contributed by atoms with E-state index in [4.69, 9.17) is 4.74 Å². The van der Waals surface area contributed by atoms with Crippen LogP contribution in [0.2, 0.25) is 0 Å². The van der Waals surface area contributed by atoms with Crippen LogP contribution in [-0.2, 0) is 9.53 Å². The van der Waals surface area contributed by atoms with Gasteiger partial charge in [-0.15, -0.1) is 0 Å². The highest BCUT2D eigenvalue weighted by Crippen LogP contribution is 2.21. The lowest BCUT2D eigenvalue weighted by Crippen LogP contribution is -2.18. The molecule has 0 spiro atoms. The van der Waals surface area contributed by atoms with Gasteiger partial charge in [-0.05, 0) is 30.8 Å². The molecule has 0 aliphatic rings. The van der Waals surface area contributed by atoms with Crippen molar-refractivity contribution in [1.82, 2.24) is 0 Å². The Morgan fingerprint density at radius 1 is 1.41 bits per heavy atom. The van der Waals surface area contributed by atoms with E-state index in [1.54, 1.807) is 0 Å². The number of carbonyl (C=O) groups excluding carboxylic acids is 1. The molecule has 1 atom stereocenters. The fraction of sp³-hybridized carbons (Fsp3) is 0.533. The molecule has 0 saturated heterocycles. The molecule has 0 aromatic carbocycles. The van der Waals surface area contributed by atoms with Gasteiger partial charge in [0.15, 0.2) is 0 Å². The molecule has 0 N–H and O–H groups in total. The normalized spacial score (nSPS) is 14.1. The summed E-state index contributed by atoms with van der Waals surface area (Å²) in [5.74, 6) is 0.602. The van der Waals surface area contributed by atoms with Crippen molar-refractivity contribution in [1.29, 1.82) is 0 Å². The molecule has 0 heterocycles. The van der Waals surface area contributed by atoms with Gasteiger partial charge in [-0.25, -0.2) is 0 Å². The summed E-state index contributed by atoms with van der Waals surface area (Å²) < 4.78 is 5.10. The lowest BCUT2D eigenvalue weighted by Gasteiger charge is -2.20. The van der Waals surface area contributed by atoms with E-state index in [-0.39, 0.29) is 5.97 Å². The third kappa shape index (κ3) is 7.56. The number of hydrogen-bond acceptors (Lipinski definition) is 2. The first kappa shape index (κ1) is 15.7. The Hall–Kier alpha value is -1.31. The zero-order chi connectivity index (χ0) is 13.3. The summed E-state index contributed by atoms with van der Waals surface area (Å²) in [6, 6.07) is 0. The molecule has 96 valence electrons. The number of carbonyl (C=O) groups is 1. The van der Waals surface area contributed by atoms with E-state index in [2.05, 4.69) is 26.5 Å². The molecular formula is C15H24O2. The summed E-state index contributed by atoms with van der Waals surface area (Å²) in [6.45, 7) is 12.0. The van der Waals surface area contributed by atoms with Crippen molar-refractivity contribution in [3.05, 3.63) is 36.5 Å². The summed E-state index contributed by atoms with van der Waals surface area (Å²) >= 11 is 0. The van der Waals surface area contributed by atoms with E-state index in [1.165, 1.54) is 12.5 Å². The molecule has 0 bridgehead atoms. The van der Waals surface area contributed by atoms with Gasteiger partial charge in [0.2, 0.25) is 0 Å². The van der Waals surface area contributed by atoms with Crippen LogP contribution >= 0.6 is 0 Å². The van der Waals surface area contributed by atoms with Crippen LogP contribution in [0.15, 0.2) is 36.5 Å². The average molecular weight is 236 g/mol. The van der Waals surface area contributed by atoms with Crippen LogP contribution < -0.4 is 0 Å². The second-order valence-electron chi connectivity index (χ2n) is 4.48. The van der Waals surface area contributed by atoms with Gasteiger partial charge in [0, 0.05) is 6.92 Å². The minimum absolute atomic E-state index is 0.215. The molecule has 2 nitrogen and oxygen atoms in total. The molecule has 0 rings (SSSR count). The van der Waals surface area contributed by atoms with Crippen LogP contribution in [0.3, 0.4) is 0 Å². The SMILES string of the molecule is C=C/C(=C\C=C/C)C[C@H](COC(C)=O)C(C)C. The largest absolute Gasteiger partial charge is 0.466 e. The number of ether oxygens (including phenoxy) is 1. The van der Waals surface area contributed by atoms with Crippen LogP contribution in [0.1, 0.15) is 34.1 Å². The fourth-order valence-electron chi connectivity index (χ4n) is 1.45. The zero-order valence-electron chi connectivity index (χ0n) is 11.4. The molecule has 0 saturated carbocycles. The molecular weight excluding hydrogens is 212 g/mol. The molecule has 2 heteroatoms. The van der Waals surface area contributed by atoms with Crippen LogP contribution in [0.25, 0.3) is 0 Å². The maximum absolute atomic E-state index is 10.8. The third-order valence-electron chi connectivity index (χ3n) is 2.71. The van der Waals surface area contributed by atoms with E-state index >= 15 is 0 Å². The molecule has 0 fully saturated rings. The second kappa shape index (κ2) is 8.80. The van der Waals surface area contributed by atoms with Crippen molar-refractivity contribution in [2.45, 2.75) is 34.1 Å². The average Bonchev–Trinajstić information content (AvgIpc) is 2.27. The fourth-order valence-corrected chi connectivity index (χ4v) is 1.45. The van der Waals surface area contributed by atoms with Crippen LogP contribution in [0.4, 0.5) is 0 Å².